The van der Waals surface area contributed by atoms with Gasteiger partial charge in [0.15, 0.2) is 5.65 Å². The fourth-order valence-corrected chi connectivity index (χ4v) is 4.15. The first-order chi connectivity index (χ1) is 14.3. The molecule has 0 saturated carbocycles. The van der Waals surface area contributed by atoms with Gasteiger partial charge in [-0.25, -0.2) is 4.68 Å². The molecular weight excluding hydrogens is 400 g/mol. The molecule has 1 aliphatic heterocycles. The van der Waals surface area contributed by atoms with Crippen LogP contribution in [0.15, 0.2) is 35.3 Å². The summed E-state index contributed by atoms with van der Waals surface area (Å²) in [5.74, 6) is 1.05. The van der Waals surface area contributed by atoms with E-state index in [0.29, 0.717) is 22.9 Å². The summed E-state index contributed by atoms with van der Waals surface area (Å²) in [6, 6.07) is 8.04. The van der Waals surface area contributed by atoms with Crippen LogP contribution in [0.25, 0.3) is 11.0 Å². The Kier molecular flexibility index (Phi) is 5.84. The number of hydrogen-bond donors (Lipinski definition) is 2. The van der Waals surface area contributed by atoms with Gasteiger partial charge in [-0.15, -0.1) is 0 Å². The summed E-state index contributed by atoms with van der Waals surface area (Å²) >= 11 is 6.30. The van der Waals surface area contributed by atoms with Crippen molar-refractivity contribution in [1.29, 1.82) is 0 Å². The molecule has 3 heterocycles. The maximum absolute atomic E-state index is 12.4. The summed E-state index contributed by atoms with van der Waals surface area (Å²) in [6.07, 6.45) is 3.79. The lowest BCUT2D eigenvalue weighted by molar-refractivity contribution is 0.182. The number of aromatic amines is 1. The van der Waals surface area contributed by atoms with Gasteiger partial charge in [0.05, 0.1) is 11.7 Å². The van der Waals surface area contributed by atoms with E-state index in [-0.39, 0.29) is 11.1 Å². The quantitative estimate of drug-likeness (QED) is 0.645. The molecule has 0 radical (unpaired) electrons. The molecule has 7 nitrogen and oxygen atoms in total. The molecule has 8 heteroatoms. The smallest absolute Gasteiger partial charge is 0.263 e. The highest BCUT2D eigenvalue weighted by atomic mass is 35.5. The van der Waals surface area contributed by atoms with Crippen molar-refractivity contribution in [2.75, 3.05) is 25.0 Å². The number of hydrogen-bond acceptors (Lipinski definition) is 5. The standard InChI is InChI=1S/C22H29ClN6O/c1-22(2,3)29-19-17(13-25-29)20(30)27-21(26-19)24-12-15-8-10-28(11-9-15)14-16-6-4-5-7-18(16)23/h4-7,13,15H,8-12,14H2,1-3H3,(H2,24,26,27,30). The Morgan fingerprint density at radius 1 is 1.23 bits per heavy atom. The zero-order valence-electron chi connectivity index (χ0n) is 17.8. The molecule has 160 valence electrons. The second kappa shape index (κ2) is 8.40. The van der Waals surface area contributed by atoms with Crippen LogP contribution >= 0.6 is 11.6 Å². The van der Waals surface area contributed by atoms with Crippen LogP contribution in [0.3, 0.4) is 0 Å². The second-order valence-corrected chi connectivity index (χ2v) is 9.48. The third kappa shape index (κ3) is 4.52. The van der Waals surface area contributed by atoms with Crippen molar-refractivity contribution >= 4 is 28.6 Å². The van der Waals surface area contributed by atoms with E-state index in [0.717, 1.165) is 44.0 Å². The molecule has 1 aromatic carbocycles. The molecule has 1 aliphatic rings. The molecule has 3 aromatic rings. The number of nitrogens with one attached hydrogen (secondary N) is 2. The van der Waals surface area contributed by atoms with Crippen LogP contribution in [0.4, 0.5) is 5.95 Å². The molecule has 0 spiro atoms. The Labute approximate surface area is 181 Å². The van der Waals surface area contributed by atoms with Crippen molar-refractivity contribution in [2.24, 2.45) is 5.92 Å². The van der Waals surface area contributed by atoms with Crippen LogP contribution in [-0.2, 0) is 12.1 Å². The van der Waals surface area contributed by atoms with Crippen molar-refractivity contribution in [3.05, 3.63) is 51.4 Å². The van der Waals surface area contributed by atoms with Gasteiger partial charge in [-0.3, -0.25) is 14.7 Å². The number of anilines is 1. The highest BCUT2D eigenvalue weighted by molar-refractivity contribution is 6.31. The largest absolute Gasteiger partial charge is 0.355 e. The minimum absolute atomic E-state index is 0.160. The minimum Gasteiger partial charge on any atom is -0.355 e. The zero-order chi connectivity index (χ0) is 21.3. The number of benzene rings is 1. The molecular formula is C22H29ClN6O. The molecule has 2 N–H and O–H groups in total. The van der Waals surface area contributed by atoms with Gasteiger partial charge >= 0.3 is 0 Å². The second-order valence-electron chi connectivity index (χ2n) is 9.07. The maximum Gasteiger partial charge on any atom is 0.263 e. The molecule has 0 aliphatic carbocycles. The Bertz CT molecular complexity index is 1080. The monoisotopic (exact) mass is 428 g/mol. The van der Waals surface area contributed by atoms with Gasteiger partial charge in [-0.1, -0.05) is 29.8 Å². The number of fused-ring (bicyclic) bond motifs is 1. The molecule has 0 bridgehead atoms. The third-order valence-corrected chi connectivity index (χ3v) is 6.06. The molecule has 0 amide bonds. The van der Waals surface area contributed by atoms with E-state index < -0.39 is 0 Å². The lowest BCUT2D eigenvalue weighted by Gasteiger charge is -2.32. The lowest BCUT2D eigenvalue weighted by Crippen LogP contribution is -2.35. The number of rotatable bonds is 5. The van der Waals surface area contributed by atoms with Gasteiger partial charge < -0.3 is 5.32 Å². The minimum atomic E-state index is -0.242. The van der Waals surface area contributed by atoms with Crippen LogP contribution in [0.5, 0.6) is 0 Å². The molecule has 0 unspecified atom stereocenters. The average molecular weight is 429 g/mol. The van der Waals surface area contributed by atoms with Gasteiger partial charge in [0.1, 0.15) is 5.39 Å². The highest BCUT2D eigenvalue weighted by Crippen LogP contribution is 2.23. The summed E-state index contributed by atoms with van der Waals surface area (Å²) in [6.45, 7) is 9.90. The molecule has 2 aromatic heterocycles. The summed E-state index contributed by atoms with van der Waals surface area (Å²) in [4.78, 5) is 22.4. The predicted octanol–water partition coefficient (Wildman–Crippen LogP) is 3.85. The number of halogens is 1. The fourth-order valence-electron chi connectivity index (χ4n) is 3.95. The van der Waals surface area contributed by atoms with Crippen LogP contribution in [0, 0.1) is 5.92 Å². The van der Waals surface area contributed by atoms with Gasteiger partial charge in [-0.05, 0) is 64.3 Å². The average Bonchev–Trinajstić information content (AvgIpc) is 3.14. The van der Waals surface area contributed by atoms with Gasteiger partial charge in [0.2, 0.25) is 5.95 Å². The first-order valence-corrected chi connectivity index (χ1v) is 10.9. The molecule has 1 saturated heterocycles. The van der Waals surface area contributed by atoms with Crippen molar-refractivity contribution in [2.45, 2.75) is 45.7 Å². The van der Waals surface area contributed by atoms with E-state index in [9.17, 15) is 4.79 Å². The van der Waals surface area contributed by atoms with E-state index in [2.05, 4.69) is 31.3 Å². The highest BCUT2D eigenvalue weighted by Gasteiger charge is 2.22. The van der Waals surface area contributed by atoms with Gasteiger partial charge in [0, 0.05) is 18.1 Å². The van der Waals surface area contributed by atoms with Crippen LogP contribution in [-0.4, -0.2) is 44.3 Å². The first-order valence-electron chi connectivity index (χ1n) is 10.5. The lowest BCUT2D eigenvalue weighted by atomic mass is 9.96. The van der Waals surface area contributed by atoms with Crippen molar-refractivity contribution in [3.8, 4) is 0 Å². The molecule has 4 rings (SSSR count). The summed E-state index contributed by atoms with van der Waals surface area (Å²) in [5, 5.41) is 9.05. The van der Waals surface area contributed by atoms with E-state index in [4.69, 9.17) is 11.6 Å². The van der Waals surface area contributed by atoms with Crippen LogP contribution < -0.4 is 10.9 Å². The third-order valence-electron chi connectivity index (χ3n) is 5.69. The summed E-state index contributed by atoms with van der Waals surface area (Å²) in [7, 11) is 0. The number of nitrogens with zero attached hydrogens (tertiary/aromatic N) is 4. The van der Waals surface area contributed by atoms with Crippen molar-refractivity contribution in [1.82, 2.24) is 24.6 Å². The topological polar surface area (TPSA) is 78.8 Å². The van der Waals surface area contributed by atoms with E-state index in [1.807, 2.05) is 39.0 Å². The Morgan fingerprint density at radius 2 is 1.97 bits per heavy atom. The Hall–Kier alpha value is -2.38. The molecule has 1 fully saturated rings. The van der Waals surface area contributed by atoms with Crippen LogP contribution in [0.2, 0.25) is 5.02 Å². The van der Waals surface area contributed by atoms with Gasteiger partial charge in [0.25, 0.3) is 5.56 Å². The zero-order valence-corrected chi connectivity index (χ0v) is 18.5. The fraction of sp³-hybridized carbons (Fsp3) is 0.500. The van der Waals surface area contributed by atoms with Crippen molar-refractivity contribution < 1.29 is 0 Å². The molecule has 30 heavy (non-hydrogen) atoms. The normalized spacial score (nSPS) is 16.3. The van der Waals surface area contributed by atoms with Gasteiger partial charge in [-0.2, -0.15) is 10.1 Å². The summed E-state index contributed by atoms with van der Waals surface area (Å²) in [5.41, 5.74) is 1.39. The Balaban J connectivity index is 1.36. The number of likely N-dealkylation sites (tertiary alicyclic amines) is 1. The van der Waals surface area contributed by atoms with Crippen molar-refractivity contribution in [3.63, 3.8) is 0 Å². The summed E-state index contributed by atoms with van der Waals surface area (Å²) < 4.78 is 1.80. The number of aromatic nitrogens is 4. The SMILES string of the molecule is CC(C)(C)n1ncc2c(=O)[nH]c(NCC3CCN(Cc4ccccc4Cl)CC3)nc21. The molecule has 0 atom stereocenters. The first kappa shape index (κ1) is 20.9. The Morgan fingerprint density at radius 3 is 2.67 bits per heavy atom. The number of H-pyrrole nitrogens is 1. The number of piperidine rings is 1. The van der Waals surface area contributed by atoms with E-state index >= 15 is 0 Å². The van der Waals surface area contributed by atoms with Crippen LogP contribution in [0.1, 0.15) is 39.2 Å². The predicted molar refractivity (Wildman–Crippen MR) is 121 cm³/mol. The van der Waals surface area contributed by atoms with E-state index in [1.54, 1.807) is 10.9 Å². The maximum atomic E-state index is 12.4. The van der Waals surface area contributed by atoms with E-state index in [1.165, 1.54) is 5.56 Å².